The number of pyridine rings is 1. The van der Waals surface area contributed by atoms with Crippen LogP contribution < -0.4 is 11.1 Å². The van der Waals surface area contributed by atoms with Crippen LogP contribution >= 0.6 is 0 Å². The molecule has 0 saturated carbocycles. The van der Waals surface area contributed by atoms with E-state index in [1.54, 1.807) is 43.7 Å². The summed E-state index contributed by atoms with van der Waals surface area (Å²) in [5.74, 6) is -0.159. The number of aryl methyl sites for hydroxylation is 1. The number of para-hydroxylation sites is 1. The SMILES string of the molecule is Cc1c(C2CCCN(C(=O)C[C@@H](Cc3ccc(-c4ccc(N)nc4)cc3)NC(=O)OC(C)(C)C)C2)n(C[C@@H](O)CO)c2c(F)cccc12. The van der Waals surface area contributed by atoms with Crippen molar-refractivity contribution >= 4 is 28.7 Å². The van der Waals surface area contributed by atoms with Gasteiger partial charge in [-0.25, -0.2) is 14.2 Å². The number of piperidine rings is 1. The van der Waals surface area contributed by atoms with E-state index in [4.69, 9.17) is 10.5 Å². The van der Waals surface area contributed by atoms with Crippen molar-refractivity contribution in [2.75, 3.05) is 25.4 Å². The third-order valence-electron chi connectivity index (χ3n) is 8.80. The molecule has 3 heterocycles. The van der Waals surface area contributed by atoms with E-state index in [0.29, 0.717) is 30.8 Å². The number of aliphatic hydroxyl groups is 2. The van der Waals surface area contributed by atoms with Gasteiger partial charge in [0.2, 0.25) is 5.91 Å². The van der Waals surface area contributed by atoms with E-state index in [1.807, 2.05) is 48.2 Å². The molecule has 1 unspecified atom stereocenters. The lowest BCUT2D eigenvalue weighted by atomic mass is 9.91. The molecule has 0 radical (unpaired) electrons. The molecule has 1 aliphatic heterocycles. The Bertz CT molecular complexity index is 1730. The zero-order valence-corrected chi connectivity index (χ0v) is 28.1. The van der Waals surface area contributed by atoms with Crippen LogP contribution in [0, 0.1) is 12.7 Å². The van der Waals surface area contributed by atoms with Gasteiger partial charge in [0.05, 0.1) is 24.8 Å². The summed E-state index contributed by atoms with van der Waals surface area (Å²) in [6.45, 7) is 7.87. The first-order valence-corrected chi connectivity index (χ1v) is 16.5. The highest BCUT2D eigenvalue weighted by Crippen LogP contribution is 2.37. The van der Waals surface area contributed by atoms with E-state index in [9.17, 15) is 19.8 Å². The molecule has 1 saturated heterocycles. The summed E-state index contributed by atoms with van der Waals surface area (Å²) in [7, 11) is 0. The molecule has 3 atom stereocenters. The zero-order valence-electron chi connectivity index (χ0n) is 28.1. The van der Waals surface area contributed by atoms with Gasteiger partial charge in [-0.3, -0.25) is 4.79 Å². The number of aliphatic hydroxyl groups excluding tert-OH is 2. The minimum atomic E-state index is -1.06. The number of carbonyl (C=O) groups excluding carboxylic acids is 2. The van der Waals surface area contributed by atoms with E-state index in [2.05, 4.69) is 10.3 Å². The second kappa shape index (κ2) is 14.7. The molecule has 0 bridgehead atoms. The van der Waals surface area contributed by atoms with E-state index in [-0.39, 0.29) is 24.8 Å². The Kier molecular flexibility index (Phi) is 10.7. The highest BCUT2D eigenvalue weighted by molar-refractivity contribution is 5.86. The van der Waals surface area contributed by atoms with Crippen molar-refractivity contribution in [1.82, 2.24) is 19.8 Å². The van der Waals surface area contributed by atoms with E-state index < -0.39 is 36.3 Å². The number of nitrogen functional groups attached to an aromatic ring is 1. The maximum Gasteiger partial charge on any atom is 0.407 e. The molecular formula is C37H46FN5O5. The predicted octanol–water partition coefficient (Wildman–Crippen LogP) is 5.32. The number of fused-ring (bicyclic) bond motifs is 1. The summed E-state index contributed by atoms with van der Waals surface area (Å²) in [5, 5.41) is 23.6. The van der Waals surface area contributed by atoms with Gasteiger partial charge >= 0.3 is 6.09 Å². The van der Waals surface area contributed by atoms with Gasteiger partial charge in [-0.05, 0) is 81.8 Å². The molecule has 256 valence electrons. The number of hydrogen-bond donors (Lipinski definition) is 4. The van der Waals surface area contributed by atoms with Crippen molar-refractivity contribution < 1.29 is 28.9 Å². The van der Waals surface area contributed by atoms with Crippen LogP contribution in [0.25, 0.3) is 22.0 Å². The Labute approximate surface area is 280 Å². The highest BCUT2D eigenvalue weighted by Gasteiger charge is 2.32. The van der Waals surface area contributed by atoms with Gasteiger partial charge in [-0.2, -0.15) is 0 Å². The van der Waals surface area contributed by atoms with Gasteiger partial charge in [0.1, 0.15) is 17.2 Å². The summed E-state index contributed by atoms with van der Waals surface area (Å²) in [6.07, 6.45) is 2.07. The van der Waals surface area contributed by atoms with Crippen LogP contribution in [0.1, 0.15) is 62.8 Å². The van der Waals surface area contributed by atoms with Gasteiger partial charge in [0.15, 0.2) is 0 Å². The van der Waals surface area contributed by atoms with Crippen LogP contribution in [0.15, 0.2) is 60.8 Å². The molecule has 2 aromatic heterocycles. The molecule has 48 heavy (non-hydrogen) atoms. The molecule has 1 fully saturated rings. The lowest BCUT2D eigenvalue weighted by molar-refractivity contribution is -0.132. The van der Waals surface area contributed by atoms with E-state index in [0.717, 1.165) is 46.2 Å². The zero-order chi connectivity index (χ0) is 34.6. The molecule has 0 spiro atoms. The number of halogens is 1. The molecular weight excluding hydrogens is 613 g/mol. The van der Waals surface area contributed by atoms with Crippen LogP contribution in [0.3, 0.4) is 0 Å². The fraction of sp³-hybridized carbons (Fsp3) is 0.432. The number of alkyl carbamates (subject to hydrolysis) is 1. The lowest BCUT2D eigenvalue weighted by Crippen LogP contribution is -2.46. The van der Waals surface area contributed by atoms with Crippen LogP contribution in [0.5, 0.6) is 0 Å². The summed E-state index contributed by atoms with van der Waals surface area (Å²) >= 11 is 0. The number of ether oxygens (including phenoxy) is 1. The Hall–Kier alpha value is -4.48. The van der Waals surface area contributed by atoms with Crippen molar-refractivity contribution in [2.24, 2.45) is 0 Å². The number of aromatic nitrogens is 2. The first-order valence-electron chi connectivity index (χ1n) is 16.5. The number of likely N-dealkylation sites (tertiary alicyclic amines) is 1. The van der Waals surface area contributed by atoms with Crippen LogP contribution in [-0.4, -0.2) is 74.1 Å². The summed E-state index contributed by atoms with van der Waals surface area (Å²) in [6, 6.07) is 15.9. The minimum Gasteiger partial charge on any atom is -0.444 e. The third-order valence-corrected chi connectivity index (χ3v) is 8.80. The van der Waals surface area contributed by atoms with E-state index in [1.165, 1.54) is 6.07 Å². The third kappa shape index (κ3) is 8.32. The molecule has 2 aromatic carbocycles. The second-order valence-corrected chi connectivity index (χ2v) is 13.7. The van der Waals surface area contributed by atoms with Gasteiger partial charge in [0.25, 0.3) is 0 Å². The van der Waals surface area contributed by atoms with Gasteiger partial charge in [-0.1, -0.05) is 36.4 Å². The smallest absolute Gasteiger partial charge is 0.407 e. The summed E-state index contributed by atoms with van der Waals surface area (Å²) < 4.78 is 22.4. The second-order valence-electron chi connectivity index (χ2n) is 13.7. The number of amides is 2. The van der Waals surface area contributed by atoms with Crippen LogP contribution in [-0.2, 0) is 22.5 Å². The van der Waals surface area contributed by atoms with E-state index >= 15 is 4.39 Å². The summed E-state index contributed by atoms with van der Waals surface area (Å²) in [5.41, 5.74) is 10.0. The standard InChI is InChI=1S/C37H46FN5O5/c1-23-30-8-5-9-31(38)35(30)43(21-29(45)22-44)34(23)27-7-6-16-42(20-27)33(46)18-28(41-36(47)48-37(2,3)4)17-24-10-12-25(13-11-24)26-14-15-32(39)40-19-26/h5,8-15,19,27-29,44-45H,6-7,16-18,20-22H2,1-4H3,(H2,39,40)(H,41,47)/t27?,28-,29-/m1/s1. The molecule has 11 heteroatoms. The topological polar surface area (TPSA) is 143 Å². The summed E-state index contributed by atoms with van der Waals surface area (Å²) in [4.78, 5) is 32.8. The number of nitrogens with one attached hydrogen (secondary N) is 1. The van der Waals surface area contributed by atoms with Crippen LogP contribution in [0.2, 0.25) is 0 Å². The van der Waals surface area contributed by atoms with Crippen molar-refractivity contribution in [3.05, 3.63) is 83.4 Å². The van der Waals surface area contributed by atoms with Gasteiger partial charge < -0.3 is 35.5 Å². The maximum atomic E-state index is 15.1. The Morgan fingerprint density at radius 2 is 1.85 bits per heavy atom. The molecule has 10 nitrogen and oxygen atoms in total. The number of nitrogens with two attached hydrogens (primary N) is 1. The quantitative estimate of drug-likeness (QED) is 0.181. The number of hydrogen-bond acceptors (Lipinski definition) is 7. The average Bonchev–Trinajstić information content (AvgIpc) is 3.32. The first-order chi connectivity index (χ1) is 22.8. The maximum absolute atomic E-state index is 15.1. The first kappa shape index (κ1) is 34.8. The fourth-order valence-corrected chi connectivity index (χ4v) is 6.65. The molecule has 0 aliphatic carbocycles. The van der Waals surface area contributed by atoms with Crippen molar-refractivity contribution in [3.8, 4) is 11.1 Å². The highest BCUT2D eigenvalue weighted by atomic mass is 19.1. The fourth-order valence-electron chi connectivity index (χ4n) is 6.65. The lowest BCUT2D eigenvalue weighted by Gasteiger charge is -2.35. The van der Waals surface area contributed by atoms with Crippen molar-refractivity contribution in [1.29, 1.82) is 0 Å². The minimum absolute atomic E-state index is 0.0388. The van der Waals surface area contributed by atoms with Crippen molar-refractivity contribution in [3.63, 3.8) is 0 Å². The Morgan fingerprint density at radius 3 is 2.52 bits per heavy atom. The number of carbonyl (C=O) groups is 2. The molecule has 1 aliphatic rings. The molecule has 5 rings (SSSR count). The largest absolute Gasteiger partial charge is 0.444 e. The normalized spacial score (nSPS) is 16.5. The Morgan fingerprint density at radius 1 is 1.12 bits per heavy atom. The number of nitrogens with zero attached hydrogens (tertiary/aromatic N) is 3. The number of benzene rings is 2. The van der Waals surface area contributed by atoms with Crippen molar-refractivity contribution in [2.45, 2.75) is 83.6 Å². The number of anilines is 1. The van der Waals surface area contributed by atoms with Gasteiger partial charge in [-0.15, -0.1) is 0 Å². The molecule has 5 N–H and O–H groups in total. The monoisotopic (exact) mass is 659 g/mol. The Balaban J connectivity index is 1.35. The van der Waals surface area contributed by atoms with Gasteiger partial charge in [0, 0.05) is 54.3 Å². The predicted molar refractivity (Wildman–Crippen MR) is 184 cm³/mol. The molecule has 4 aromatic rings. The number of rotatable bonds is 10. The molecule has 2 amide bonds. The average molecular weight is 660 g/mol. The van der Waals surface area contributed by atoms with Crippen LogP contribution in [0.4, 0.5) is 15.0 Å².